The Morgan fingerprint density at radius 3 is 1.88 bits per heavy atom. The van der Waals surface area contributed by atoms with Crippen molar-refractivity contribution >= 4 is 11.9 Å². The average molecular weight is 330 g/mol. The Morgan fingerprint density at radius 1 is 0.875 bits per heavy atom. The van der Waals surface area contributed by atoms with Crippen LogP contribution < -0.4 is 0 Å². The van der Waals surface area contributed by atoms with Gasteiger partial charge in [0.05, 0.1) is 16.7 Å². The molecule has 5 nitrogen and oxygen atoms in total. The first-order valence-electron chi connectivity index (χ1n) is 7.44. The minimum absolute atomic E-state index is 0.361. The van der Waals surface area contributed by atoms with Gasteiger partial charge in [-0.1, -0.05) is 36.4 Å². The van der Waals surface area contributed by atoms with Gasteiger partial charge in [-0.25, -0.2) is 14.5 Å². The molecule has 2 aromatic rings. The van der Waals surface area contributed by atoms with Gasteiger partial charge in [0.1, 0.15) is 0 Å². The van der Waals surface area contributed by atoms with E-state index in [0.29, 0.717) is 11.1 Å². The Balaban J connectivity index is 0.000000413. The predicted octanol–water partition coefficient (Wildman–Crippen LogP) is 4.27. The molecule has 0 aliphatic carbocycles. The lowest BCUT2D eigenvalue weighted by Crippen LogP contribution is -2.15. The van der Waals surface area contributed by atoms with Gasteiger partial charge in [0.25, 0.3) is 0 Å². The minimum atomic E-state index is -0.635. The third-order valence-electron chi connectivity index (χ3n) is 2.83. The van der Waals surface area contributed by atoms with E-state index in [-0.39, 0.29) is 0 Å². The Kier molecular flexibility index (Phi) is 7.30. The van der Waals surface area contributed by atoms with E-state index >= 15 is 0 Å². The fourth-order valence-electron chi connectivity index (χ4n) is 1.57. The van der Waals surface area contributed by atoms with Crippen LogP contribution in [0.3, 0.4) is 0 Å². The van der Waals surface area contributed by atoms with E-state index in [4.69, 9.17) is 9.99 Å². The summed E-state index contributed by atoms with van der Waals surface area (Å²) in [6.07, 6.45) is 0. The second-order valence-electron chi connectivity index (χ2n) is 6.06. The molecule has 2 rings (SSSR count). The minimum Gasteiger partial charge on any atom is -0.386 e. The standard InChI is InChI=1S/C15H12O3.C4H10O2/c1-11-7-5-6-10-13(11)15(17)18-14(16)12-8-3-2-4-9-12;1-4(2,3)6-5/h2-10H,1H3;5H,1-3H3. The summed E-state index contributed by atoms with van der Waals surface area (Å²) in [4.78, 5) is 27.4. The van der Waals surface area contributed by atoms with Crippen molar-refractivity contribution in [3.8, 4) is 0 Å². The first-order chi connectivity index (χ1) is 11.2. The van der Waals surface area contributed by atoms with E-state index in [1.807, 2.05) is 6.07 Å². The lowest BCUT2D eigenvalue weighted by atomic mass is 10.1. The van der Waals surface area contributed by atoms with Crippen LogP contribution in [0.1, 0.15) is 47.1 Å². The molecule has 1 N–H and O–H groups in total. The second kappa shape index (κ2) is 8.96. The topological polar surface area (TPSA) is 72.8 Å². The third kappa shape index (κ3) is 6.73. The summed E-state index contributed by atoms with van der Waals surface area (Å²) in [5, 5.41) is 7.90. The van der Waals surface area contributed by atoms with Crippen LogP contribution in [0.15, 0.2) is 54.6 Å². The third-order valence-corrected chi connectivity index (χ3v) is 2.83. The van der Waals surface area contributed by atoms with Gasteiger partial charge in [0.15, 0.2) is 0 Å². The molecule has 128 valence electrons. The molecular weight excluding hydrogens is 308 g/mol. The summed E-state index contributed by atoms with van der Waals surface area (Å²) in [7, 11) is 0. The van der Waals surface area contributed by atoms with Crippen molar-refractivity contribution in [3.05, 3.63) is 71.3 Å². The van der Waals surface area contributed by atoms with Crippen LogP contribution in [0.2, 0.25) is 0 Å². The molecule has 0 bridgehead atoms. The zero-order chi connectivity index (χ0) is 18.2. The van der Waals surface area contributed by atoms with Crippen molar-refractivity contribution in [2.24, 2.45) is 0 Å². The molecule has 0 radical (unpaired) electrons. The summed E-state index contributed by atoms with van der Waals surface area (Å²) in [6.45, 7) is 7.11. The van der Waals surface area contributed by atoms with Crippen LogP contribution in [0.5, 0.6) is 0 Å². The van der Waals surface area contributed by atoms with Gasteiger partial charge in [-0.05, 0) is 51.5 Å². The van der Waals surface area contributed by atoms with E-state index in [2.05, 4.69) is 4.89 Å². The van der Waals surface area contributed by atoms with Crippen molar-refractivity contribution in [1.82, 2.24) is 0 Å². The molecule has 0 aliphatic rings. The quantitative estimate of drug-likeness (QED) is 0.385. The normalized spacial score (nSPS) is 10.4. The fraction of sp³-hybridized carbons (Fsp3) is 0.263. The van der Waals surface area contributed by atoms with Gasteiger partial charge in [-0.3, -0.25) is 5.26 Å². The summed E-state index contributed by atoms with van der Waals surface area (Å²) in [5.74, 6) is -1.26. The number of ether oxygens (including phenoxy) is 1. The lowest BCUT2D eigenvalue weighted by molar-refractivity contribution is -0.306. The number of carbonyl (C=O) groups excluding carboxylic acids is 2. The molecule has 2 aromatic carbocycles. The molecule has 0 fully saturated rings. The number of hydrogen-bond acceptors (Lipinski definition) is 5. The molecule has 0 unspecified atom stereocenters. The van der Waals surface area contributed by atoms with Crippen molar-refractivity contribution in [3.63, 3.8) is 0 Å². The molecule has 0 saturated heterocycles. The Hall–Kier alpha value is -2.50. The van der Waals surface area contributed by atoms with Crippen molar-refractivity contribution in [1.29, 1.82) is 0 Å². The Bertz CT molecular complexity index is 672. The SMILES string of the molecule is CC(C)(C)OO.Cc1ccccc1C(=O)OC(=O)c1ccccc1. The maximum Gasteiger partial charge on any atom is 0.346 e. The first kappa shape index (κ1) is 19.5. The second-order valence-corrected chi connectivity index (χ2v) is 6.06. The van der Waals surface area contributed by atoms with E-state index in [1.165, 1.54) is 0 Å². The van der Waals surface area contributed by atoms with Gasteiger partial charge < -0.3 is 4.74 Å². The highest BCUT2D eigenvalue weighted by molar-refractivity contribution is 6.03. The number of carbonyl (C=O) groups is 2. The molecular formula is C19H22O5. The van der Waals surface area contributed by atoms with Crippen LogP contribution in [-0.4, -0.2) is 22.8 Å². The molecule has 5 heteroatoms. The Morgan fingerprint density at radius 2 is 1.38 bits per heavy atom. The van der Waals surface area contributed by atoms with Crippen molar-refractivity contribution in [2.45, 2.75) is 33.3 Å². The molecule has 0 aromatic heterocycles. The van der Waals surface area contributed by atoms with Crippen LogP contribution in [-0.2, 0) is 9.62 Å². The summed E-state index contributed by atoms with van der Waals surface area (Å²) < 4.78 is 4.83. The van der Waals surface area contributed by atoms with Gasteiger partial charge in [-0.2, -0.15) is 0 Å². The largest absolute Gasteiger partial charge is 0.386 e. The van der Waals surface area contributed by atoms with E-state index in [1.54, 1.807) is 76.2 Å². The molecule has 0 amide bonds. The van der Waals surface area contributed by atoms with Crippen LogP contribution in [0, 0.1) is 6.92 Å². The highest BCUT2D eigenvalue weighted by atomic mass is 17.1. The van der Waals surface area contributed by atoms with Crippen molar-refractivity contribution < 1.29 is 24.5 Å². The number of benzene rings is 2. The van der Waals surface area contributed by atoms with E-state index < -0.39 is 17.5 Å². The summed E-state index contributed by atoms with van der Waals surface area (Å²) in [6, 6.07) is 15.4. The molecule has 0 spiro atoms. The van der Waals surface area contributed by atoms with Crippen molar-refractivity contribution in [2.75, 3.05) is 0 Å². The number of hydrogen-bond donors (Lipinski definition) is 1. The zero-order valence-corrected chi connectivity index (χ0v) is 14.3. The van der Waals surface area contributed by atoms with Crippen LogP contribution in [0.4, 0.5) is 0 Å². The van der Waals surface area contributed by atoms with Crippen LogP contribution >= 0.6 is 0 Å². The van der Waals surface area contributed by atoms with Gasteiger partial charge in [0, 0.05) is 0 Å². The monoisotopic (exact) mass is 330 g/mol. The predicted molar refractivity (Wildman–Crippen MR) is 90.8 cm³/mol. The lowest BCUT2D eigenvalue weighted by Gasteiger charge is -2.10. The first-order valence-corrected chi connectivity index (χ1v) is 7.44. The molecule has 0 saturated carbocycles. The molecule has 0 heterocycles. The Labute approximate surface area is 141 Å². The van der Waals surface area contributed by atoms with Gasteiger partial charge in [0.2, 0.25) is 0 Å². The van der Waals surface area contributed by atoms with Gasteiger partial charge in [-0.15, -0.1) is 0 Å². The summed E-state index contributed by atoms with van der Waals surface area (Å²) >= 11 is 0. The molecule has 0 aliphatic heterocycles. The fourth-order valence-corrected chi connectivity index (χ4v) is 1.57. The maximum absolute atomic E-state index is 11.8. The molecule has 0 atom stereocenters. The summed E-state index contributed by atoms with van der Waals surface area (Å²) in [5.41, 5.74) is 1.14. The van der Waals surface area contributed by atoms with E-state index in [9.17, 15) is 9.59 Å². The van der Waals surface area contributed by atoms with Gasteiger partial charge >= 0.3 is 11.9 Å². The average Bonchev–Trinajstić information content (AvgIpc) is 2.56. The van der Waals surface area contributed by atoms with E-state index in [0.717, 1.165) is 5.56 Å². The number of aryl methyl sites for hydroxylation is 1. The maximum atomic E-state index is 11.8. The smallest absolute Gasteiger partial charge is 0.346 e. The van der Waals surface area contributed by atoms with Crippen LogP contribution in [0.25, 0.3) is 0 Å². The number of rotatable bonds is 2. The highest BCUT2D eigenvalue weighted by Crippen LogP contribution is 2.10. The number of esters is 2. The molecule has 24 heavy (non-hydrogen) atoms. The highest BCUT2D eigenvalue weighted by Gasteiger charge is 2.15. The zero-order valence-electron chi connectivity index (χ0n) is 14.3.